The fourth-order valence-electron chi connectivity index (χ4n) is 2.61. The Balaban J connectivity index is 0.00000135. The van der Waals surface area contributed by atoms with Gasteiger partial charge in [-0.2, -0.15) is 9.59 Å². The summed E-state index contributed by atoms with van der Waals surface area (Å²) in [5, 5.41) is 17.5. The molecule has 0 aromatic carbocycles. The second-order valence-electron chi connectivity index (χ2n) is 6.90. The van der Waals surface area contributed by atoms with Crippen LogP contribution in [0.25, 0.3) is 0 Å². The quantitative estimate of drug-likeness (QED) is 0.454. The summed E-state index contributed by atoms with van der Waals surface area (Å²) in [6.07, 6.45) is 7.18. The molecule has 1 heterocycles. The number of nitrogens with two attached hydrogens (primary N) is 1. The van der Waals surface area contributed by atoms with E-state index in [1.165, 1.54) is 25.9 Å². The Labute approximate surface area is 134 Å². The molecule has 0 amide bonds. The van der Waals surface area contributed by atoms with E-state index >= 15 is 0 Å². The number of piperidine rings is 1. The minimum absolute atomic E-state index is 0.250. The van der Waals surface area contributed by atoms with Crippen molar-refractivity contribution >= 4 is 13.3 Å². The lowest BCUT2D eigenvalue weighted by molar-refractivity contribution is -0.191. The lowest BCUT2D eigenvalue weighted by Crippen LogP contribution is -2.39. The molecule has 1 rings (SSSR count). The molecule has 22 heavy (non-hydrogen) atoms. The first kappa shape index (κ1) is 21.3. The van der Waals surface area contributed by atoms with Crippen molar-refractivity contribution in [2.75, 3.05) is 19.6 Å². The Kier molecular flexibility index (Phi) is 11.4. The molecular formula is C15H31BN2O4. The van der Waals surface area contributed by atoms with Crippen LogP contribution in [0.3, 0.4) is 0 Å². The third-order valence-electron chi connectivity index (χ3n) is 4.31. The van der Waals surface area contributed by atoms with Gasteiger partial charge in [-0.15, -0.1) is 0 Å². The zero-order chi connectivity index (χ0) is 17.0. The number of hydrogen-bond acceptors (Lipinski definition) is 6. The van der Waals surface area contributed by atoms with Gasteiger partial charge in [0.2, 0.25) is 0 Å². The molecular weight excluding hydrogens is 283 g/mol. The number of carbonyl (C=O) groups excluding carboxylic acids is 2. The van der Waals surface area contributed by atoms with E-state index in [1.807, 2.05) is 0 Å². The van der Waals surface area contributed by atoms with Crippen LogP contribution in [0, 0.1) is 5.41 Å². The molecule has 7 heteroatoms. The highest BCUT2D eigenvalue weighted by molar-refractivity contribution is 6.40. The maximum atomic E-state index is 8.75. The molecule has 0 aromatic heterocycles. The summed E-state index contributed by atoms with van der Waals surface area (Å²) in [6.45, 7) is 8.23. The van der Waals surface area contributed by atoms with Crippen LogP contribution in [0.2, 0.25) is 6.32 Å². The molecule has 0 spiro atoms. The molecule has 1 atom stereocenters. The molecule has 1 saturated heterocycles. The first-order valence-corrected chi connectivity index (χ1v) is 8.14. The Morgan fingerprint density at radius 3 is 2.23 bits per heavy atom. The van der Waals surface area contributed by atoms with E-state index in [0.717, 1.165) is 32.2 Å². The Morgan fingerprint density at radius 2 is 1.73 bits per heavy atom. The lowest BCUT2D eigenvalue weighted by Gasteiger charge is -2.37. The second-order valence-corrected chi connectivity index (χ2v) is 6.90. The van der Waals surface area contributed by atoms with Crippen LogP contribution in [-0.4, -0.2) is 53.9 Å². The van der Waals surface area contributed by atoms with Crippen LogP contribution in [0.4, 0.5) is 0 Å². The van der Waals surface area contributed by atoms with Crippen LogP contribution < -0.4 is 5.73 Å². The summed E-state index contributed by atoms with van der Waals surface area (Å²) in [6, 6.07) is 0.255. The zero-order valence-electron chi connectivity index (χ0n) is 14.0. The Morgan fingerprint density at radius 1 is 1.18 bits per heavy atom. The van der Waals surface area contributed by atoms with Gasteiger partial charge in [-0.05, 0) is 57.1 Å². The summed E-state index contributed by atoms with van der Waals surface area (Å²) in [4.78, 5) is 18.8. The Bertz CT molecular complexity index is 311. The van der Waals surface area contributed by atoms with Crippen LogP contribution in [-0.2, 0) is 9.59 Å². The standard InChI is InChI=1S/C14H31BN2O2.CO2/c1-14(2)7-11-17(12-8-14)10-6-13(16)5-3-4-9-15(18)19;2-1-3/h13,18-19H,3-12,16H2,1-2H3;. The molecule has 1 unspecified atom stereocenters. The highest BCUT2D eigenvalue weighted by Gasteiger charge is 2.25. The van der Waals surface area contributed by atoms with Crippen molar-refractivity contribution in [3.63, 3.8) is 0 Å². The minimum Gasteiger partial charge on any atom is -0.427 e. The van der Waals surface area contributed by atoms with Gasteiger partial charge in [0.1, 0.15) is 0 Å². The Hall–Kier alpha value is -0.715. The SMILES string of the molecule is CC1(C)CCN(CCC(N)CCCCB(O)O)CC1.O=C=O. The highest BCUT2D eigenvalue weighted by atomic mass is 16.4. The van der Waals surface area contributed by atoms with E-state index in [2.05, 4.69) is 18.7 Å². The predicted molar refractivity (Wildman–Crippen MR) is 85.9 cm³/mol. The van der Waals surface area contributed by atoms with E-state index in [9.17, 15) is 0 Å². The largest absolute Gasteiger partial charge is 0.451 e. The minimum atomic E-state index is -1.16. The van der Waals surface area contributed by atoms with E-state index in [-0.39, 0.29) is 12.2 Å². The van der Waals surface area contributed by atoms with Gasteiger partial charge in [-0.25, -0.2) is 0 Å². The van der Waals surface area contributed by atoms with E-state index in [0.29, 0.717) is 11.7 Å². The number of likely N-dealkylation sites (tertiary alicyclic amines) is 1. The number of nitrogens with zero attached hydrogens (tertiary/aromatic N) is 1. The van der Waals surface area contributed by atoms with Gasteiger partial charge in [-0.1, -0.05) is 26.7 Å². The normalized spacial score (nSPS) is 18.8. The van der Waals surface area contributed by atoms with Crippen molar-refractivity contribution in [1.82, 2.24) is 4.90 Å². The molecule has 0 radical (unpaired) electrons. The van der Waals surface area contributed by atoms with E-state index < -0.39 is 7.12 Å². The van der Waals surface area contributed by atoms with Crippen molar-refractivity contribution in [3.05, 3.63) is 0 Å². The van der Waals surface area contributed by atoms with E-state index in [4.69, 9.17) is 25.4 Å². The molecule has 0 aliphatic carbocycles. The van der Waals surface area contributed by atoms with Gasteiger partial charge in [0.25, 0.3) is 0 Å². The summed E-state index contributed by atoms with van der Waals surface area (Å²) in [7, 11) is -1.16. The average Bonchev–Trinajstić information content (AvgIpc) is 2.43. The van der Waals surface area contributed by atoms with Gasteiger partial charge in [-0.3, -0.25) is 0 Å². The van der Waals surface area contributed by atoms with Crippen molar-refractivity contribution in [2.45, 2.75) is 64.7 Å². The van der Waals surface area contributed by atoms with Crippen molar-refractivity contribution in [2.24, 2.45) is 11.1 Å². The van der Waals surface area contributed by atoms with Crippen LogP contribution in [0.1, 0.15) is 52.4 Å². The molecule has 1 fully saturated rings. The van der Waals surface area contributed by atoms with Gasteiger partial charge in [0, 0.05) is 6.04 Å². The molecule has 128 valence electrons. The molecule has 1 aliphatic rings. The van der Waals surface area contributed by atoms with Gasteiger partial charge in [0.15, 0.2) is 0 Å². The maximum absolute atomic E-state index is 8.75. The summed E-state index contributed by atoms with van der Waals surface area (Å²) in [5.41, 5.74) is 6.63. The van der Waals surface area contributed by atoms with Gasteiger partial charge >= 0.3 is 13.3 Å². The average molecular weight is 314 g/mol. The van der Waals surface area contributed by atoms with Crippen LogP contribution >= 0.6 is 0 Å². The van der Waals surface area contributed by atoms with Crippen molar-refractivity contribution in [1.29, 1.82) is 0 Å². The van der Waals surface area contributed by atoms with Crippen LogP contribution in [0.5, 0.6) is 0 Å². The predicted octanol–water partition coefficient (Wildman–Crippen LogP) is 0.885. The third kappa shape index (κ3) is 11.9. The first-order chi connectivity index (χ1) is 10.3. The topological polar surface area (TPSA) is 104 Å². The fourth-order valence-corrected chi connectivity index (χ4v) is 2.61. The molecule has 0 saturated carbocycles. The number of rotatable bonds is 8. The second kappa shape index (κ2) is 11.8. The fraction of sp³-hybridized carbons (Fsp3) is 0.933. The maximum Gasteiger partial charge on any atom is 0.451 e. The molecule has 4 N–H and O–H groups in total. The first-order valence-electron chi connectivity index (χ1n) is 8.14. The number of unbranched alkanes of at least 4 members (excludes halogenated alkanes) is 1. The zero-order valence-corrected chi connectivity index (χ0v) is 14.0. The van der Waals surface area contributed by atoms with Gasteiger partial charge in [0.05, 0.1) is 0 Å². The molecule has 0 bridgehead atoms. The highest BCUT2D eigenvalue weighted by Crippen LogP contribution is 2.29. The smallest absolute Gasteiger partial charge is 0.427 e. The summed E-state index contributed by atoms with van der Waals surface area (Å²) < 4.78 is 0. The number of hydrogen-bond donors (Lipinski definition) is 3. The monoisotopic (exact) mass is 314 g/mol. The lowest BCUT2D eigenvalue weighted by atomic mass is 9.82. The molecule has 0 aromatic rings. The van der Waals surface area contributed by atoms with Crippen LogP contribution in [0.15, 0.2) is 0 Å². The molecule has 6 nitrogen and oxygen atoms in total. The summed E-state index contributed by atoms with van der Waals surface area (Å²) in [5.74, 6) is 0. The van der Waals surface area contributed by atoms with Gasteiger partial charge < -0.3 is 20.7 Å². The van der Waals surface area contributed by atoms with E-state index in [1.54, 1.807) is 0 Å². The van der Waals surface area contributed by atoms with Crippen molar-refractivity contribution < 1.29 is 19.6 Å². The van der Waals surface area contributed by atoms with Crippen molar-refractivity contribution in [3.8, 4) is 0 Å². The third-order valence-corrected chi connectivity index (χ3v) is 4.31. The molecule has 1 aliphatic heterocycles. The summed E-state index contributed by atoms with van der Waals surface area (Å²) >= 11 is 0.